The summed E-state index contributed by atoms with van der Waals surface area (Å²) in [6.07, 6.45) is 4.29. The quantitative estimate of drug-likeness (QED) is 0.395. The minimum Gasteiger partial charge on any atom is -0.311 e. The van der Waals surface area contributed by atoms with E-state index in [1.165, 1.54) is 0 Å². The van der Waals surface area contributed by atoms with Crippen LogP contribution in [0, 0.1) is 6.92 Å². The van der Waals surface area contributed by atoms with Gasteiger partial charge in [0, 0.05) is 11.8 Å². The van der Waals surface area contributed by atoms with Crippen LogP contribution >= 0.6 is 0 Å². The summed E-state index contributed by atoms with van der Waals surface area (Å²) in [4.78, 5) is 24.3. The van der Waals surface area contributed by atoms with Gasteiger partial charge in [0.1, 0.15) is 0 Å². The van der Waals surface area contributed by atoms with Crippen LogP contribution in [-0.2, 0) is 0 Å². The Morgan fingerprint density at radius 1 is 0.917 bits per heavy atom. The molecule has 0 atom stereocenters. The van der Waals surface area contributed by atoms with E-state index >= 15 is 0 Å². The SMILES string of the molecule is Cc1ccc(/C=C(/C(=O)c2ccccc2)n2cccc2C=O)cc1. The maximum atomic E-state index is 13.0. The topological polar surface area (TPSA) is 39.1 Å². The number of hydrogen-bond acceptors (Lipinski definition) is 2. The molecule has 3 heteroatoms. The van der Waals surface area contributed by atoms with Crippen molar-refractivity contribution in [1.82, 2.24) is 4.57 Å². The van der Waals surface area contributed by atoms with Crippen LogP contribution in [0.2, 0.25) is 0 Å². The number of nitrogens with zero attached hydrogens (tertiary/aromatic N) is 1. The lowest BCUT2D eigenvalue weighted by Gasteiger charge is -2.11. The van der Waals surface area contributed by atoms with Gasteiger partial charge < -0.3 is 4.57 Å². The third-order valence-electron chi connectivity index (χ3n) is 3.81. The molecule has 3 rings (SSSR count). The van der Waals surface area contributed by atoms with Crippen molar-refractivity contribution in [3.63, 3.8) is 0 Å². The highest BCUT2D eigenvalue weighted by Gasteiger charge is 2.16. The molecule has 0 fully saturated rings. The second-order valence-electron chi connectivity index (χ2n) is 5.56. The summed E-state index contributed by atoms with van der Waals surface area (Å²) in [5.41, 5.74) is 3.53. The maximum Gasteiger partial charge on any atom is 0.209 e. The van der Waals surface area contributed by atoms with Gasteiger partial charge in [-0.15, -0.1) is 0 Å². The molecule has 3 nitrogen and oxygen atoms in total. The van der Waals surface area contributed by atoms with E-state index in [-0.39, 0.29) is 5.78 Å². The maximum absolute atomic E-state index is 13.0. The largest absolute Gasteiger partial charge is 0.311 e. The van der Waals surface area contributed by atoms with Crippen LogP contribution in [0.15, 0.2) is 72.9 Å². The number of hydrogen-bond donors (Lipinski definition) is 0. The van der Waals surface area contributed by atoms with Crippen molar-refractivity contribution in [2.75, 3.05) is 0 Å². The Balaban J connectivity index is 2.12. The molecule has 0 unspecified atom stereocenters. The lowest BCUT2D eigenvalue weighted by atomic mass is 10.0. The van der Waals surface area contributed by atoms with Crippen LogP contribution < -0.4 is 0 Å². The van der Waals surface area contributed by atoms with Crippen LogP contribution in [-0.4, -0.2) is 16.6 Å². The Labute approximate surface area is 140 Å². The van der Waals surface area contributed by atoms with E-state index in [0.717, 1.165) is 17.4 Å². The van der Waals surface area contributed by atoms with Gasteiger partial charge in [-0.05, 0) is 30.7 Å². The van der Waals surface area contributed by atoms with Crippen LogP contribution in [0.1, 0.15) is 32.0 Å². The van der Waals surface area contributed by atoms with Gasteiger partial charge in [0.05, 0.1) is 11.4 Å². The molecule has 0 N–H and O–H groups in total. The summed E-state index contributed by atoms with van der Waals surface area (Å²) >= 11 is 0. The number of aromatic nitrogens is 1. The molecule has 0 saturated heterocycles. The van der Waals surface area contributed by atoms with Crippen LogP contribution in [0.25, 0.3) is 11.8 Å². The molecule has 0 amide bonds. The molecule has 0 spiro atoms. The van der Waals surface area contributed by atoms with Gasteiger partial charge in [-0.25, -0.2) is 0 Å². The van der Waals surface area contributed by atoms with Gasteiger partial charge >= 0.3 is 0 Å². The molecule has 0 radical (unpaired) electrons. The first-order chi connectivity index (χ1) is 11.7. The molecule has 2 aromatic carbocycles. The number of Topliss-reactive ketones (excluding diaryl/α,β-unsaturated/α-hetero) is 1. The molecular weight excluding hydrogens is 298 g/mol. The van der Waals surface area contributed by atoms with Gasteiger partial charge in [-0.2, -0.15) is 0 Å². The number of rotatable bonds is 5. The summed E-state index contributed by atoms with van der Waals surface area (Å²) < 4.78 is 1.63. The molecule has 1 heterocycles. The van der Waals surface area contributed by atoms with E-state index in [4.69, 9.17) is 0 Å². The smallest absolute Gasteiger partial charge is 0.209 e. The standard InChI is InChI=1S/C21H17NO2/c1-16-9-11-17(12-10-16)14-20(22-13-5-8-19(22)15-23)21(24)18-6-3-2-4-7-18/h2-15H,1H3/b20-14-. The number of aryl methyl sites for hydroxylation is 1. The Morgan fingerprint density at radius 2 is 1.62 bits per heavy atom. The summed E-state index contributed by atoms with van der Waals surface area (Å²) in [5.74, 6) is -0.129. The molecule has 1 aromatic heterocycles. The summed E-state index contributed by atoms with van der Waals surface area (Å²) in [7, 11) is 0. The summed E-state index contributed by atoms with van der Waals surface area (Å²) in [5, 5.41) is 0. The van der Waals surface area contributed by atoms with Crippen molar-refractivity contribution >= 4 is 23.8 Å². The van der Waals surface area contributed by atoms with E-state index in [0.29, 0.717) is 17.0 Å². The van der Waals surface area contributed by atoms with E-state index in [1.54, 1.807) is 35.0 Å². The molecule has 0 aliphatic carbocycles. The van der Waals surface area contributed by atoms with E-state index in [1.807, 2.05) is 55.5 Å². The van der Waals surface area contributed by atoms with E-state index in [2.05, 4.69) is 0 Å². The third kappa shape index (κ3) is 3.25. The average Bonchev–Trinajstić information content (AvgIpc) is 3.10. The Bertz CT molecular complexity index is 887. The number of carbonyl (C=O) groups excluding carboxylic acids is 2. The summed E-state index contributed by atoms with van der Waals surface area (Å²) in [6, 6.07) is 20.4. The van der Waals surface area contributed by atoms with Crippen LogP contribution in [0.4, 0.5) is 0 Å². The Kier molecular flexibility index (Phi) is 4.52. The number of aldehydes is 1. The van der Waals surface area contributed by atoms with E-state index < -0.39 is 0 Å². The number of ketones is 1. The second-order valence-corrected chi connectivity index (χ2v) is 5.56. The molecule has 24 heavy (non-hydrogen) atoms. The van der Waals surface area contributed by atoms with Gasteiger partial charge in [-0.1, -0.05) is 60.2 Å². The zero-order valence-corrected chi connectivity index (χ0v) is 13.3. The van der Waals surface area contributed by atoms with Gasteiger partial charge in [0.15, 0.2) is 6.29 Å². The minimum absolute atomic E-state index is 0.129. The normalized spacial score (nSPS) is 11.3. The number of benzene rings is 2. The zero-order valence-electron chi connectivity index (χ0n) is 13.3. The highest BCUT2D eigenvalue weighted by molar-refractivity contribution is 6.28. The molecule has 0 aliphatic heterocycles. The molecule has 0 bridgehead atoms. The Hall–Kier alpha value is -3.20. The fourth-order valence-corrected chi connectivity index (χ4v) is 2.51. The first-order valence-corrected chi connectivity index (χ1v) is 7.70. The molecule has 0 aliphatic rings. The zero-order chi connectivity index (χ0) is 16.9. The first-order valence-electron chi connectivity index (χ1n) is 7.70. The second kappa shape index (κ2) is 6.92. The average molecular weight is 315 g/mol. The van der Waals surface area contributed by atoms with Crippen molar-refractivity contribution in [2.45, 2.75) is 6.92 Å². The fourth-order valence-electron chi connectivity index (χ4n) is 2.51. The highest BCUT2D eigenvalue weighted by Crippen LogP contribution is 2.20. The molecule has 118 valence electrons. The highest BCUT2D eigenvalue weighted by atomic mass is 16.1. The van der Waals surface area contributed by atoms with Gasteiger partial charge in [0.2, 0.25) is 5.78 Å². The lowest BCUT2D eigenvalue weighted by Crippen LogP contribution is -2.11. The molecular formula is C21H17NO2. The predicted octanol–water partition coefficient (Wildman–Crippen LogP) is 4.49. The molecule has 0 saturated carbocycles. The first kappa shape index (κ1) is 15.7. The monoisotopic (exact) mass is 315 g/mol. The number of allylic oxidation sites excluding steroid dienone is 1. The fraction of sp³-hybridized carbons (Fsp3) is 0.0476. The van der Waals surface area contributed by atoms with Crippen LogP contribution in [0.5, 0.6) is 0 Å². The summed E-state index contributed by atoms with van der Waals surface area (Å²) in [6.45, 7) is 2.01. The van der Waals surface area contributed by atoms with Crippen molar-refractivity contribution in [3.8, 4) is 0 Å². The Morgan fingerprint density at radius 3 is 2.29 bits per heavy atom. The predicted molar refractivity (Wildman–Crippen MR) is 95.9 cm³/mol. The minimum atomic E-state index is -0.129. The van der Waals surface area contributed by atoms with Crippen molar-refractivity contribution in [2.24, 2.45) is 0 Å². The van der Waals surface area contributed by atoms with Gasteiger partial charge in [-0.3, -0.25) is 9.59 Å². The van der Waals surface area contributed by atoms with Gasteiger partial charge in [0.25, 0.3) is 0 Å². The van der Waals surface area contributed by atoms with Crippen molar-refractivity contribution < 1.29 is 9.59 Å². The van der Waals surface area contributed by atoms with Crippen molar-refractivity contribution in [3.05, 3.63) is 95.3 Å². The number of carbonyl (C=O) groups is 2. The van der Waals surface area contributed by atoms with E-state index in [9.17, 15) is 9.59 Å². The van der Waals surface area contributed by atoms with Crippen LogP contribution in [0.3, 0.4) is 0 Å². The molecule has 3 aromatic rings. The third-order valence-corrected chi connectivity index (χ3v) is 3.81. The lowest BCUT2D eigenvalue weighted by molar-refractivity contribution is 0.105. The van der Waals surface area contributed by atoms with Crippen molar-refractivity contribution in [1.29, 1.82) is 0 Å².